The molecule has 15 heavy (non-hydrogen) atoms. The molecule has 0 saturated heterocycles. The monoisotopic (exact) mass is 204 g/mol. The maximum absolute atomic E-state index is 8.68. The third kappa shape index (κ3) is 2.71. The molecule has 0 aliphatic heterocycles. The summed E-state index contributed by atoms with van der Waals surface area (Å²) in [6.45, 7) is 6.18. The van der Waals surface area contributed by atoms with Crippen LogP contribution in [0.1, 0.15) is 23.6 Å². The molecule has 0 saturated carbocycles. The van der Waals surface area contributed by atoms with E-state index in [0.29, 0.717) is 6.54 Å². The zero-order valence-corrected chi connectivity index (χ0v) is 9.37. The van der Waals surface area contributed by atoms with E-state index in [4.69, 9.17) is 15.7 Å². The Hall–Kier alpha value is -1.53. The highest BCUT2D eigenvalue weighted by Gasteiger charge is 2.09. The van der Waals surface area contributed by atoms with E-state index in [0.717, 1.165) is 22.4 Å². The fourth-order valence-corrected chi connectivity index (χ4v) is 1.55. The van der Waals surface area contributed by atoms with Crippen LogP contribution in [0.3, 0.4) is 0 Å². The highest BCUT2D eigenvalue weighted by Crippen LogP contribution is 2.25. The van der Waals surface area contributed by atoms with Gasteiger partial charge in [0, 0.05) is 6.54 Å². The van der Waals surface area contributed by atoms with Crippen molar-refractivity contribution in [3.05, 3.63) is 28.8 Å². The van der Waals surface area contributed by atoms with Crippen LogP contribution >= 0.6 is 0 Å². The van der Waals surface area contributed by atoms with Crippen molar-refractivity contribution in [3.63, 3.8) is 0 Å². The van der Waals surface area contributed by atoms with E-state index in [2.05, 4.69) is 0 Å². The zero-order valence-electron chi connectivity index (χ0n) is 9.37. The van der Waals surface area contributed by atoms with Crippen LogP contribution in [0, 0.1) is 25.2 Å². The van der Waals surface area contributed by atoms with Crippen molar-refractivity contribution in [2.24, 2.45) is 5.73 Å². The van der Waals surface area contributed by atoms with E-state index in [-0.39, 0.29) is 0 Å². The molecular formula is C12H16N2O. The largest absolute Gasteiger partial charge is 0.475 e. The van der Waals surface area contributed by atoms with Gasteiger partial charge >= 0.3 is 0 Å². The van der Waals surface area contributed by atoms with Crippen molar-refractivity contribution >= 4 is 0 Å². The number of nitrogens with two attached hydrogens (primary N) is 1. The van der Waals surface area contributed by atoms with Gasteiger partial charge in [0.05, 0.1) is 0 Å². The number of rotatable bonds is 3. The minimum atomic E-state index is -0.425. The predicted molar refractivity (Wildman–Crippen MR) is 59.5 cm³/mol. The van der Waals surface area contributed by atoms with Crippen LogP contribution in [-0.4, -0.2) is 6.10 Å². The molecule has 1 atom stereocenters. The number of aryl methyl sites for hydroxylation is 2. The maximum atomic E-state index is 8.68. The van der Waals surface area contributed by atoms with Crippen molar-refractivity contribution in [3.8, 4) is 11.8 Å². The van der Waals surface area contributed by atoms with Crippen molar-refractivity contribution < 1.29 is 4.74 Å². The lowest BCUT2D eigenvalue weighted by Gasteiger charge is -2.14. The molecule has 0 bridgehead atoms. The first-order valence-electron chi connectivity index (χ1n) is 4.95. The number of ether oxygens (including phenoxy) is 1. The summed E-state index contributed by atoms with van der Waals surface area (Å²) in [5, 5.41) is 8.68. The van der Waals surface area contributed by atoms with Crippen LogP contribution in [0.2, 0.25) is 0 Å². The second-order valence-electron chi connectivity index (χ2n) is 3.65. The quantitative estimate of drug-likeness (QED) is 0.819. The van der Waals surface area contributed by atoms with E-state index in [9.17, 15) is 0 Å². The van der Waals surface area contributed by atoms with Crippen LogP contribution < -0.4 is 10.5 Å². The molecule has 0 fully saturated rings. The molecule has 1 aromatic carbocycles. The molecule has 0 amide bonds. The van der Waals surface area contributed by atoms with Crippen molar-refractivity contribution in [1.29, 1.82) is 5.26 Å². The van der Waals surface area contributed by atoms with Crippen LogP contribution in [-0.2, 0) is 6.54 Å². The van der Waals surface area contributed by atoms with Gasteiger partial charge in [0.15, 0.2) is 6.10 Å². The number of hydrogen-bond donors (Lipinski definition) is 1. The lowest BCUT2D eigenvalue weighted by Crippen LogP contribution is -2.10. The van der Waals surface area contributed by atoms with Crippen molar-refractivity contribution in [1.82, 2.24) is 0 Å². The molecule has 0 aliphatic rings. The van der Waals surface area contributed by atoms with Gasteiger partial charge in [-0.2, -0.15) is 5.26 Å². The van der Waals surface area contributed by atoms with Crippen molar-refractivity contribution in [2.75, 3.05) is 0 Å². The van der Waals surface area contributed by atoms with Gasteiger partial charge < -0.3 is 10.5 Å². The topological polar surface area (TPSA) is 59.0 Å². The summed E-state index contributed by atoms with van der Waals surface area (Å²) in [6.07, 6.45) is -0.425. The number of nitriles is 1. The first-order chi connectivity index (χ1) is 7.08. The second kappa shape index (κ2) is 4.81. The SMILES string of the molecule is Cc1cc(CN)cc(C)c1OC(C)C#N. The van der Waals surface area contributed by atoms with Gasteiger partial charge in [-0.1, -0.05) is 12.1 Å². The third-order valence-electron chi connectivity index (χ3n) is 2.23. The standard InChI is InChI=1S/C12H16N2O/c1-8-4-11(7-14)5-9(2)12(8)15-10(3)6-13/h4-5,10H,7,14H2,1-3H3. The normalized spacial score (nSPS) is 11.9. The van der Waals surface area contributed by atoms with Gasteiger partial charge in [0.25, 0.3) is 0 Å². The molecule has 1 aromatic rings. The summed E-state index contributed by atoms with van der Waals surface area (Å²) < 4.78 is 5.52. The Morgan fingerprint density at radius 2 is 1.93 bits per heavy atom. The Morgan fingerprint density at radius 1 is 1.40 bits per heavy atom. The molecule has 1 rings (SSSR count). The number of benzene rings is 1. The van der Waals surface area contributed by atoms with Gasteiger partial charge in [-0.3, -0.25) is 0 Å². The Balaban J connectivity index is 3.04. The van der Waals surface area contributed by atoms with Gasteiger partial charge in [0.1, 0.15) is 11.8 Å². The molecule has 0 aromatic heterocycles. The first kappa shape index (κ1) is 11.5. The van der Waals surface area contributed by atoms with Crippen LogP contribution in [0.5, 0.6) is 5.75 Å². The summed E-state index contributed by atoms with van der Waals surface area (Å²) >= 11 is 0. The molecule has 80 valence electrons. The molecule has 3 heteroatoms. The van der Waals surface area contributed by atoms with Gasteiger partial charge in [-0.05, 0) is 37.5 Å². The van der Waals surface area contributed by atoms with Gasteiger partial charge in [0.2, 0.25) is 0 Å². The summed E-state index contributed by atoms with van der Waals surface area (Å²) in [6, 6.07) is 6.03. The zero-order chi connectivity index (χ0) is 11.4. The van der Waals surface area contributed by atoms with Crippen molar-refractivity contribution in [2.45, 2.75) is 33.4 Å². The minimum absolute atomic E-state index is 0.425. The van der Waals surface area contributed by atoms with Crippen LogP contribution in [0.25, 0.3) is 0 Å². The minimum Gasteiger partial charge on any atom is -0.475 e. The molecule has 0 aliphatic carbocycles. The number of nitrogens with zero attached hydrogens (tertiary/aromatic N) is 1. The van der Waals surface area contributed by atoms with Gasteiger partial charge in [-0.15, -0.1) is 0 Å². The highest BCUT2D eigenvalue weighted by atomic mass is 16.5. The molecular weight excluding hydrogens is 188 g/mol. The summed E-state index contributed by atoms with van der Waals surface area (Å²) in [7, 11) is 0. The lowest BCUT2D eigenvalue weighted by atomic mass is 10.1. The summed E-state index contributed by atoms with van der Waals surface area (Å²) in [4.78, 5) is 0. The van der Waals surface area contributed by atoms with Crippen LogP contribution in [0.4, 0.5) is 0 Å². The Labute approximate surface area is 90.5 Å². The van der Waals surface area contributed by atoms with E-state index in [1.165, 1.54) is 0 Å². The molecule has 3 nitrogen and oxygen atoms in total. The molecule has 1 unspecified atom stereocenters. The van der Waals surface area contributed by atoms with E-state index in [1.54, 1.807) is 6.92 Å². The first-order valence-corrected chi connectivity index (χ1v) is 4.95. The Bertz CT molecular complexity index is 370. The smallest absolute Gasteiger partial charge is 0.181 e. The molecule has 0 spiro atoms. The average Bonchev–Trinajstić information content (AvgIpc) is 2.22. The summed E-state index contributed by atoms with van der Waals surface area (Å²) in [5.74, 6) is 0.793. The highest BCUT2D eigenvalue weighted by molar-refractivity contribution is 5.43. The van der Waals surface area contributed by atoms with E-state index >= 15 is 0 Å². The predicted octanol–water partition coefficient (Wildman–Crippen LogP) is 2.05. The Kier molecular flexibility index (Phi) is 3.70. The summed E-state index contributed by atoms with van der Waals surface area (Å²) in [5.41, 5.74) is 8.71. The average molecular weight is 204 g/mol. The fraction of sp³-hybridized carbons (Fsp3) is 0.417. The Morgan fingerprint density at radius 3 is 2.33 bits per heavy atom. The van der Waals surface area contributed by atoms with Crippen LogP contribution in [0.15, 0.2) is 12.1 Å². The number of hydrogen-bond acceptors (Lipinski definition) is 3. The molecule has 0 heterocycles. The molecule has 0 radical (unpaired) electrons. The second-order valence-corrected chi connectivity index (χ2v) is 3.65. The van der Waals surface area contributed by atoms with Gasteiger partial charge in [-0.25, -0.2) is 0 Å². The maximum Gasteiger partial charge on any atom is 0.181 e. The van der Waals surface area contributed by atoms with E-state index < -0.39 is 6.10 Å². The van der Waals surface area contributed by atoms with E-state index in [1.807, 2.05) is 32.0 Å². The lowest BCUT2D eigenvalue weighted by molar-refractivity contribution is 0.272. The molecule has 2 N–H and O–H groups in total. The third-order valence-corrected chi connectivity index (χ3v) is 2.23. The fourth-order valence-electron chi connectivity index (χ4n) is 1.55.